The zero-order valence-corrected chi connectivity index (χ0v) is 15.4. The van der Waals surface area contributed by atoms with Gasteiger partial charge >= 0.3 is 5.97 Å². The maximum atomic E-state index is 12.6. The van der Waals surface area contributed by atoms with Gasteiger partial charge in [-0.2, -0.15) is 4.31 Å². The fraction of sp³-hybridized carbons (Fsp3) is 0.500. The smallest absolute Gasteiger partial charge is 0.328 e. The molecular formula is C16H24N2O5S. The van der Waals surface area contributed by atoms with E-state index in [0.29, 0.717) is 18.7 Å². The van der Waals surface area contributed by atoms with Crippen LogP contribution in [0.4, 0.5) is 0 Å². The van der Waals surface area contributed by atoms with E-state index in [1.807, 2.05) is 0 Å². The second-order valence-corrected chi connectivity index (χ2v) is 7.89. The van der Waals surface area contributed by atoms with Crippen molar-refractivity contribution in [3.8, 4) is 0 Å². The molecule has 0 radical (unpaired) electrons. The summed E-state index contributed by atoms with van der Waals surface area (Å²) in [5.74, 6) is -1.81. The van der Waals surface area contributed by atoms with Crippen molar-refractivity contribution in [2.24, 2.45) is 0 Å². The number of nitrogens with one attached hydrogen (secondary N) is 1. The maximum Gasteiger partial charge on any atom is 0.328 e. The van der Waals surface area contributed by atoms with Crippen molar-refractivity contribution in [3.63, 3.8) is 0 Å². The van der Waals surface area contributed by atoms with Crippen LogP contribution in [0.5, 0.6) is 0 Å². The van der Waals surface area contributed by atoms with E-state index in [1.165, 1.54) is 30.3 Å². The molecule has 7 nitrogen and oxygen atoms in total. The molecule has 0 unspecified atom stereocenters. The summed E-state index contributed by atoms with van der Waals surface area (Å²) < 4.78 is 26.4. The first-order valence-electron chi connectivity index (χ1n) is 7.64. The lowest BCUT2D eigenvalue weighted by atomic mass is 10.0. The number of hydrogen-bond donors (Lipinski definition) is 2. The van der Waals surface area contributed by atoms with Crippen LogP contribution in [-0.4, -0.2) is 48.3 Å². The Morgan fingerprint density at radius 3 is 2.21 bits per heavy atom. The zero-order chi connectivity index (χ0) is 18.7. The van der Waals surface area contributed by atoms with Gasteiger partial charge in [0.15, 0.2) is 0 Å². The number of hydrogen-bond acceptors (Lipinski definition) is 4. The van der Waals surface area contributed by atoms with Crippen LogP contribution in [0.2, 0.25) is 0 Å². The van der Waals surface area contributed by atoms with Crippen molar-refractivity contribution >= 4 is 21.9 Å². The van der Waals surface area contributed by atoms with E-state index in [0.717, 1.165) is 0 Å². The Balaban J connectivity index is 3.29. The number of carbonyl (C=O) groups excluding carboxylic acids is 1. The monoisotopic (exact) mass is 356 g/mol. The zero-order valence-electron chi connectivity index (χ0n) is 14.6. The predicted octanol–water partition coefficient (Wildman–Crippen LogP) is 1.62. The number of benzene rings is 1. The highest BCUT2D eigenvalue weighted by atomic mass is 32.2. The van der Waals surface area contributed by atoms with Gasteiger partial charge in [-0.25, -0.2) is 13.2 Å². The molecule has 1 amide bonds. The van der Waals surface area contributed by atoms with Crippen LogP contribution < -0.4 is 5.32 Å². The van der Waals surface area contributed by atoms with Crippen LogP contribution in [0, 0.1) is 6.92 Å². The number of carboxylic acid groups (broad SMARTS) is 1. The van der Waals surface area contributed by atoms with Crippen molar-refractivity contribution < 1.29 is 23.1 Å². The molecule has 0 aromatic heterocycles. The standard InChI is InChI=1S/C16H24N2O5S/c1-6-18(7-2)24(22,23)12-9-8-11(3)13(10-12)14(19)17-16(4,5)15(20)21/h8-10H,6-7H2,1-5H3,(H,17,19)(H,20,21). The molecule has 0 aliphatic rings. The third-order valence-electron chi connectivity index (χ3n) is 3.76. The summed E-state index contributed by atoms with van der Waals surface area (Å²) in [6, 6.07) is 4.28. The first-order valence-corrected chi connectivity index (χ1v) is 9.08. The average Bonchev–Trinajstić information content (AvgIpc) is 2.47. The van der Waals surface area contributed by atoms with E-state index in [-0.39, 0.29) is 10.5 Å². The first kappa shape index (κ1) is 20.1. The minimum Gasteiger partial charge on any atom is -0.480 e. The van der Waals surface area contributed by atoms with Gasteiger partial charge in [0.25, 0.3) is 5.91 Å². The number of rotatable bonds is 7. The van der Waals surface area contributed by atoms with E-state index in [4.69, 9.17) is 5.11 Å². The molecule has 0 aliphatic carbocycles. The van der Waals surface area contributed by atoms with Gasteiger partial charge in [0.05, 0.1) is 4.90 Å². The summed E-state index contributed by atoms with van der Waals surface area (Å²) >= 11 is 0. The molecule has 0 aliphatic heterocycles. The van der Waals surface area contributed by atoms with Crippen LogP contribution in [0.1, 0.15) is 43.6 Å². The summed E-state index contributed by atoms with van der Waals surface area (Å²) in [7, 11) is -3.70. The quantitative estimate of drug-likeness (QED) is 0.772. The third-order valence-corrected chi connectivity index (χ3v) is 5.80. The highest BCUT2D eigenvalue weighted by Crippen LogP contribution is 2.20. The first-order chi connectivity index (χ1) is 11.0. The number of amides is 1. The third kappa shape index (κ3) is 4.12. The largest absolute Gasteiger partial charge is 0.480 e. The average molecular weight is 356 g/mol. The van der Waals surface area contributed by atoms with Gasteiger partial charge in [-0.15, -0.1) is 0 Å². The molecule has 1 rings (SSSR count). The molecule has 0 saturated carbocycles. The van der Waals surface area contributed by atoms with Gasteiger partial charge in [0.2, 0.25) is 10.0 Å². The molecular weight excluding hydrogens is 332 g/mol. The Morgan fingerprint density at radius 2 is 1.75 bits per heavy atom. The van der Waals surface area contributed by atoms with E-state index in [2.05, 4.69) is 5.32 Å². The Bertz CT molecular complexity index is 737. The van der Waals surface area contributed by atoms with Gasteiger partial charge in [-0.05, 0) is 38.5 Å². The summed E-state index contributed by atoms with van der Waals surface area (Å²) in [5.41, 5.74) is -0.762. The molecule has 0 saturated heterocycles. The van der Waals surface area contributed by atoms with Gasteiger partial charge in [0.1, 0.15) is 5.54 Å². The van der Waals surface area contributed by atoms with Gasteiger partial charge in [0, 0.05) is 18.7 Å². The predicted molar refractivity (Wildman–Crippen MR) is 90.5 cm³/mol. The van der Waals surface area contributed by atoms with E-state index in [9.17, 15) is 18.0 Å². The number of nitrogens with zero attached hydrogens (tertiary/aromatic N) is 1. The van der Waals surface area contributed by atoms with Crippen molar-refractivity contribution in [3.05, 3.63) is 29.3 Å². The van der Waals surface area contributed by atoms with Crippen molar-refractivity contribution in [2.75, 3.05) is 13.1 Å². The number of aliphatic carboxylic acids is 1. The minimum atomic E-state index is -3.70. The van der Waals surface area contributed by atoms with Crippen LogP contribution in [-0.2, 0) is 14.8 Å². The van der Waals surface area contributed by atoms with Crippen LogP contribution >= 0.6 is 0 Å². The van der Waals surface area contributed by atoms with Gasteiger partial charge in [-0.3, -0.25) is 4.79 Å². The second-order valence-electron chi connectivity index (χ2n) is 5.95. The molecule has 8 heteroatoms. The van der Waals surface area contributed by atoms with E-state index < -0.39 is 27.4 Å². The van der Waals surface area contributed by atoms with Gasteiger partial charge in [-0.1, -0.05) is 19.9 Å². The molecule has 1 aromatic carbocycles. The molecule has 24 heavy (non-hydrogen) atoms. The Kier molecular flexibility index (Phi) is 6.13. The van der Waals surface area contributed by atoms with Crippen molar-refractivity contribution in [1.82, 2.24) is 9.62 Å². The van der Waals surface area contributed by atoms with Crippen molar-refractivity contribution in [1.29, 1.82) is 0 Å². The molecule has 0 spiro atoms. The van der Waals surface area contributed by atoms with E-state index in [1.54, 1.807) is 26.8 Å². The second kappa shape index (κ2) is 7.31. The summed E-state index contributed by atoms with van der Waals surface area (Å²) in [6.07, 6.45) is 0. The molecule has 0 fully saturated rings. The molecule has 1 aromatic rings. The normalized spacial score (nSPS) is 12.2. The summed E-state index contributed by atoms with van der Waals surface area (Å²) in [5, 5.41) is 11.5. The molecule has 0 atom stereocenters. The number of sulfonamides is 1. The fourth-order valence-electron chi connectivity index (χ4n) is 2.12. The fourth-order valence-corrected chi connectivity index (χ4v) is 3.61. The van der Waals surface area contributed by atoms with Crippen LogP contribution in [0.25, 0.3) is 0 Å². The lowest BCUT2D eigenvalue weighted by Crippen LogP contribution is -2.49. The maximum absolute atomic E-state index is 12.6. The highest BCUT2D eigenvalue weighted by Gasteiger charge is 2.30. The minimum absolute atomic E-state index is 0.00933. The van der Waals surface area contributed by atoms with Crippen LogP contribution in [0.15, 0.2) is 23.1 Å². The lowest BCUT2D eigenvalue weighted by Gasteiger charge is -2.22. The highest BCUT2D eigenvalue weighted by molar-refractivity contribution is 7.89. The molecule has 134 valence electrons. The molecule has 0 bridgehead atoms. The topological polar surface area (TPSA) is 104 Å². The lowest BCUT2D eigenvalue weighted by molar-refractivity contribution is -0.143. The Morgan fingerprint density at radius 1 is 1.21 bits per heavy atom. The molecule has 0 heterocycles. The molecule has 2 N–H and O–H groups in total. The van der Waals surface area contributed by atoms with Gasteiger partial charge < -0.3 is 10.4 Å². The SMILES string of the molecule is CCN(CC)S(=O)(=O)c1ccc(C)c(C(=O)NC(C)(C)C(=O)O)c1. The number of aryl methyl sites for hydroxylation is 1. The number of carbonyl (C=O) groups is 2. The summed E-state index contributed by atoms with van der Waals surface area (Å²) in [4.78, 5) is 23.5. The number of carboxylic acids is 1. The summed E-state index contributed by atoms with van der Waals surface area (Å²) in [6.45, 7) is 8.49. The van der Waals surface area contributed by atoms with Crippen molar-refractivity contribution in [2.45, 2.75) is 45.1 Å². The van der Waals surface area contributed by atoms with E-state index >= 15 is 0 Å². The Labute approximate surface area is 142 Å². The Hall–Kier alpha value is -1.93. The van der Waals surface area contributed by atoms with Crippen LogP contribution in [0.3, 0.4) is 0 Å².